The predicted molar refractivity (Wildman–Crippen MR) is 96.3 cm³/mol. The average Bonchev–Trinajstić information content (AvgIpc) is 2.71. The van der Waals surface area contributed by atoms with Crippen molar-refractivity contribution in [3.63, 3.8) is 0 Å². The Kier molecular flexibility index (Phi) is 5.15. The number of rotatable bonds is 5. The second kappa shape index (κ2) is 7.54. The number of aliphatic hydroxyl groups excluding tert-OH is 1. The van der Waals surface area contributed by atoms with Crippen molar-refractivity contribution in [3.8, 4) is 29.1 Å². The fourth-order valence-electron chi connectivity index (χ4n) is 3.13. The number of nitrogens with zero attached hydrogens (tertiary/aromatic N) is 1. The second-order valence-electron chi connectivity index (χ2n) is 5.78. The second-order valence-corrected chi connectivity index (χ2v) is 5.78. The number of ether oxygens (including phenoxy) is 4. The number of fused-ring (bicyclic) bond motifs is 1. The lowest BCUT2D eigenvalue weighted by Crippen LogP contribution is -2.25. The molecule has 3 rings (SSSR count). The first-order chi connectivity index (χ1) is 13.5. The first-order valence-electron chi connectivity index (χ1n) is 8.14. The number of aliphatic hydroxyl groups is 1. The third kappa shape index (κ3) is 2.90. The molecule has 2 aromatic rings. The van der Waals surface area contributed by atoms with E-state index >= 15 is 0 Å². The van der Waals surface area contributed by atoms with Crippen LogP contribution >= 0.6 is 0 Å². The van der Waals surface area contributed by atoms with Crippen LogP contribution in [-0.2, 0) is 6.61 Å². The van der Waals surface area contributed by atoms with E-state index in [2.05, 4.69) is 0 Å². The average molecular weight is 386 g/mol. The molecule has 0 aliphatic carbocycles. The van der Waals surface area contributed by atoms with Crippen molar-refractivity contribution >= 4 is 0 Å². The van der Waals surface area contributed by atoms with E-state index in [1.54, 1.807) is 12.1 Å². The van der Waals surface area contributed by atoms with Crippen LogP contribution in [0, 0.1) is 11.3 Å². The minimum atomic E-state index is -0.914. The quantitative estimate of drug-likeness (QED) is 0.780. The summed E-state index contributed by atoms with van der Waals surface area (Å²) >= 11 is 0. The van der Waals surface area contributed by atoms with E-state index in [0.717, 1.165) is 6.07 Å². The van der Waals surface area contributed by atoms with Crippen LogP contribution in [0.25, 0.3) is 0 Å². The van der Waals surface area contributed by atoms with Gasteiger partial charge in [-0.2, -0.15) is 5.26 Å². The summed E-state index contributed by atoms with van der Waals surface area (Å²) in [6.45, 7) is -0.501. The maximum absolute atomic E-state index is 12.4. The molecule has 0 fully saturated rings. The summed E-state index contributed by atoms with van der Waals surface area (Å²) < 4.78 is 27.2. The molecule has 9 heteroatoms. The topological polar surface area (TPSA) is 137 Å². The summed E-state index contributed by atoms with van der Waals surface area (Å²) in [7, 11) is 4.35. The van der Waals surface area contributed by atoms with Gasteiger partial charge in [0.25, 0.3) is 0 Å². The number of hydrogen-bond acceptors (Lipinski definition) is 9. The standard InChI is InChI=1S/C19H18N2O7/c1-24-13-5-4-10(15(25-2)17(13)26-3)14-11(7-20)19(21)28-16-12(23)6-9(8-22)27-18(14)16/h4-6,14,22H,8,21H2,1-3H3/t14-/m0/s1. The van der Waals surface area contributed by atoms with Crippen molar-refractivity contribution < 1.29 is 28.5 Å². The smallest absolute Gasteiger partial charge is 0.228 e. The molecule has 3 N–H and O–H groups in total. The molecule has 0 spiro atoms. The Morgan fingerprint density at radius 1 is 1.21 bits per heavy atom. The molecule has 0 bridgehead atoms. The summed E-state index contributed by atoms with van der Waals surface area (Å²) in [6, 6.07) is 6.38. The van der Waals surface area contributed by atoms with Gasteiger partial charge in [-0.1, -0.05) is 6.07 Å². The van der Waals surface area contributed by atoms with Crippen LogP contribution in [-0.4, -0.2) is 26.4 Å². The van der Waals surface area contributed by atoms with Gasteiger partial charge in [0.2, 0.25) is 22.8 Å². The highest BCUT2D eigenvalue weighted by Crippen LogP contribution is 2.49. The zero-order valence-electron chi connectivity index (χ0n) is 15.4. The summed E-state index contributed by atoms with van der Waals surface area (Å²) in [5.74, 6) is -0.248. The van der Waals surface area contributed by atoms with E-state index in [0.29, 0.717) is 17.1 Å². The fraction of sp³-hybridized carbons (Fsp3) is 0.263. The van der Waals surface area contributed by atoms with Crippen molar-refractivity contribution in [2.24, 2.45) is 5.73 Å². The SMILES string of the molecule is COc1ccc([C@H]2C(C#N)=C(N)Oc3c2oc(CO)cc3=O)c(OC)c1OC. The number of nitriles is 1. The van der Waals surface area contributed by atoms with Crippen LogP contribution < -0.4 is 30.1 Å². The molecular weight excluding hydrogens is 368 g/mol. The first-order valence-corrected chi connectivity index (χ1v) is 8.14. The van der Waals surface area contributed by atoms with Crippen molar-refractivity contribution in [3.05, 3.63) is 57.0 Å². The Hall–Kier alpha value is -3.64. The predicted octanol–water partition coefficient (Wildman–Crippen LogP) is 1.38. The lowest BCUT2D eigenvalue weighted by molar-refractivity contribution is 0.231. The van der Waals surface area contributed by atoms with Crippen LogP contribution in [0.1, 0.15) is 23.0 Å². The highest BCUT2D eigenvalue weighted by atomic mass is 16.5. The third-order valence-electron chi connectivity index (χ3n) is 4.33. The minimum Gasteiger partial charge on any atom is -0.493 e. The van der Waals surface area contributed by atoms with E-state index in [1.165, 1.54) is 21.3 Å². The highest BCUT2D eigenvalue weighted by molar-refractivity contribution is 5.62. The Balaban J connectivity index is 2.37. The molecule has 1 atom stereocenters. The summed E-state index contributed by atoms with van der Waals surface area (Å²) in [5.41, 5.74) is 5.84. The van der Waals surface area contributed by atoms with Crippen molar-refractivity contribution in [2.75, 3.05) is 21.3 Å². The van der Waals surface area contributed by atoms with Gasteiger partial charge in [0, 0.05) is 11.6 Å². The summed E-state index contributed by atoms with van der Waals surface area (Å²) in [5, 5.41) is 19.1. The van der Waals surface area contributed by atoms with Gasteiger partial charge in [-0.25, -0.2) is 0 Å². The zero-order valence-corrected chi connectivity index (χ0v) is 15.4. The van der Waals surface area contributed by atoms with Crippen LogP contribution in [0.15, 0.2) is 38.9 Å². The van der Waals surface area contributed by atoms with E-state index in [1.807, 2.05) is 6.07 Å². The lowest BCUT2D eigenvalue weighted by Gasteiger charge is -2.26. The van der Waals surface area contributed by atoms with Crippen LogP contribution in [0.5, 0.6) is 23.0 Å². The Bertz CT molecular complexity index is 1050. The fourth-order valence-corrected chi connectivity index (χ4v) is 3.13. The molecule has 0 saturated heterocycles. The molecule has 146 valence electrons. The van der Waals surface area contributed by atoms with Crippen LogP contribution in [0.4, 0.5) is 0 Å². The number of benzene rings is 1. The summed E-state index contributed by atoms with van der Waals surface area (Å²) in [4.78, 5) is 12.4. The molecule has 1 aromatic carbocycles. The van der Waals surface area contributed by atoms with Gasteiger partial charge in [0.1, 0.15) is 24.0 Å². The molecule has 0 radical (unpaired) electrons. The molecule has 1 aliphatic heterocycles. The molecule has 28 heavy (non-hydrogen) atoms. The maximum atomic E-state index is 12.4. The molecule has 0 saturated carbocycles. The molecule has 1 aromatic heterocycles. The molecule has 1 aliphatic rings. The first kappa shape index (κ1) is 19.1. The number of methoxy groups -OCH3 is 3. The van der Waals surface area contributed by atoms with E-state index in [4.69, 9.17) is 29.1 Å². The minimum absolute atomic E-state index is 0.0227. The van der Waals surface area contributed by atoms with Crippen molar-refractivity contribution in [1.29, 1.82) is 5.26 Å². The normalized spacial score (nSPS) is 15.3. The molecule has 0 unspecified atom stereocenters. The van der Waals surface area contributed by atoms with Crippen molar-refractivity contribution in [2.45, 2.75) is 12.5 Å². The molecular formula is C19H18N2O7. The third-order valence-corrected chi connectivity index (χ3v) is 4.33. The van der Waals surface area contributed by atoms with Crippen LogP contribution in [0.2, 0.25) is 0 Å². The van der Waals surface area contributed by atoms with E-state index in [-0.39, 0.29) is 34.5 Å². The Labute approximate surface area is 160 Å². The number of hydrogen-bond donors (Lipinski definition) is 2. The highest BCUT2D eigenvalue weighted by Gasteiger charge is 2.38. The van der Waals surface area contributed by atoms with E-state index in [9.17, 15) is 15.2 Å². The van der Waals surface area contributed by atoms with E-state index < -0.39 is 18.0 Å². The largest absolute Gasteiger partial charge is 0.493 e. The van der Waals surface area contributed by atoms with Gasteiger partial charge in [0.15, 0.2) is 17.3 Å². The van der Waals surface area contributed by atoms with Gasteiger partial charge in [-0.3, -0.25) is 4.79 Å². The number of allylic oxidation sites excluding steroid dienone is 1. The monoisotopic (exact) mass is 386 g/mol. The molecule has 2 heterocycles. The van der Waals surface area contributed by atoms with Gasteiger partial charge >= 0.3 is 0 Å². The number of nitrogens with two attached hydrogens (primary N) is 1. The van der Waals surface area contributed by atoms with Gasteiger partial charge < -0.3 is 34.2 Å². The Morgan fingerprint density at radius 2 is 1.93 bits per heavy atom. The molecule has 0 amide bonds. The van der Waals surface area contributed by atoms with Crippen molar-refractivity contribution in [1.82, 2.24) is 0 Å². The van der Waals surface area contributed by atoms with Crippen LogP contribution in [0.3, 0.4) is 0 Å². The lowest BCUT2D eigenvalue weighted by atomic mass is 9.86. The van der Waals surface area contributed by atoms with Gasteiger partial charge in [-0.05, 0) is 6.07 Å². The Morgan fingerprint density at radius 3 is 2.50 bits per heavy atom. The van der Waals surface area contributed by atoms with Gasteiger partial charge in [0.05, 0.1) is 27.2 Å². The summed E-state index contributed by atoms with van der Waals surface area (Å²) in [6.07, 6.45) is 0. The van der Waals surface area contributed by atoms with Gasteiger partial charge in [-0.15, -0.1) is 0 Å². The maximum Gasteiger partial charge on any atom is 0.228 e. The zero-order chi connectivity index (χ0) is 20.4. The molecule has 9 nitrogen and oxygen atoms in total.